The predicted octanol–water partition coefficient (Wildman–Crippen LogP) is 1.32. The van der Waals surface area contributed by atoms with E-state index in [1.54, 1.807) is 6.20 Å². The minimum atomic E-state index is 0.0129. The van der Waals surface area contributed by atoms with Gasteiger partial charge in [-0.15, -0.1) is 0 Å². The number of hydrogen-bond donors (Lipinski definition) is 0. The fourth-order valence-corrected chi connectivity index (χ4v) is 3.16. The first-order valence-electron chi connectivity index (χ1n) is 6.06. The van der Waals surface area contributed by atoms with Crippen molar-refractivity contribution in [3.8, 4) is 0 Å². The molecule has 5 nitrogen and oxygen atoms in total. The number of carbonyl (C=O) groups excluding carboxylic acids is 1. The third-order valence-electron chi connectivity index (χ3n) is 3.57. The average molecular weight is 253 g/mol. The Bertz CT molecular complexity index is 393. The fraction of sp³-hybridized carbons (Fsp3) is 0.727. The lowest BCUT2D eigenvalue weighted by molar-refractivity contribution is -0.0754. The van der Waals surface area contributed by atoms with E-state index in [4.69, 9.17) is 4.74 Å². The molecule has 2 fully saturated rings. The second kappa shape index (κ2) is 4.70. The minimum Gasteiger partial charge on any atom is -0.374 e. The highest BCUT2D eigenvalue weighted by molar-refractivity contribution is 6.99. The van der Waals surface area contributed by atoms with Gasteiger partial charge in [0.1, 0.15) is 0 Å². The summed E-state index contributed by atoms with van der Waals surface area (Å²) >= 11 is 1.08. The summed E-state index contributed by atoms with van der Waals surface area (Å²) in [6, 6.07) is 0.242. The first kappa shape index (κ1) is 11.1. The molecule has 0 bridgehead atoms. The van der Waals surface area contributed by atoms with Crippen molar-refractivity contribution in [1.82, 2.24) is 13.6 Å². The smallest absolute Gasteiger partial charge is 0.275 e. The van der Waals surface area contributed by atoms with Gasteiger partial charge in [0.15, 0.2) is 5.69 Å². The van der Waals surface area contributed by atoms with Gasteiger partial charge < -0.3 is 9.64 Å². The lowest BCUT2D eigenvalue weighted by Gasteiger charge is -2.43. The maximum absolute atomic E-state index is 12.3. The number of carbonyl (C=O) groups is 1. The van der Waals surface area contributed by atoms with Crippen LogP contribution in [0.5, 0.6) is 0 Å². The van der Waals surface area contributed by atoms with Gasteiger partial charge in [0.05, 0.1) is 36.7 Å². The molecule has 2 heterocycles. The molecule has 1 aromatic heterocycles. The summed E-state index contributed by atoms with van der Waals surface area (Å²) < 4.78 is 13.7. The van der Waals surface area contributed by atoms with Crippen LogP contribution < -0.4 is 0 Å². The molecule has 1 aromatic rings. The molecule has 17 heavy (non-hydrogen) atoms. The third-order valence-corrected chi connectivity index (χ3v) is 4.05. The number of rotatable bonds is 1. The molecule has 92 valence electrons. The fourth-order valence-electron chi connectivity index (χ4n) is 2.75. The first-order chi connectivity index (χ1) is 8.36. The SMILES string of the molecule is O=C(c1cnsn1)N1CCOC2CCCCC21. The van der Waals surface area contributed by atoms with Crippen LogP contribution in [0.15, 0.2) is 6.20 Å². The van der Waals surface area contributed by atoms with Gasteiger partial charge in [-0.2, -0.15) is 8.75 Å². The maximum atomic E-state index is 12.3. The highest BCUT2D eigenvalue weighted by atomic mass is 32.1. The Morgan fingerprint density at radius 2 is 2.35 bits per heavy atom. The normalized spacial score (nSPS) is 28.8. The van der Waals surface area contributed by atoms with Crippen LogP contribution in [-0.2, 0) is 4.74 Å². The van der Waals surface area contributed by atoms with E-state index >= 15 is 0 Å². The number of ether oxygens (including phenoxy) is 1. The Kier molecular flexibility index (Phi) is 3.07. The van der Waals surface area contributed by atoms with Crippen LogP contribution in [0, 0.1) is 0 Å². The van der Waals surface area contributed by atoms with E-state index in [0.29, 0.717) is 18.8 Å². The molecule has 2 atom stereocenters. The molecule has 3 rings (SSSR count). The molecule has 0 spiro atoms. The average Bonchev–Trinajstić information content (AvgIpc) is 2.91. The topological polar surface area (TPSA) is 55.3 Å². The molecule has 1 aliphatic carbocycles. The molecule has 6 heteroatoms. The second-order valence-electron chi connectivity index (χ2n) is 4.55. The van der Waals surface area contributed by atoms with Crippen molar-refractivity contribution in [2.45, 2.75) is 37.8 Å². The lowest BCUT2D eigenvalue weighted by Crippen LogP contribution is -2.54. The Labute approximate surface area is 104 Å². The maximum Gasteiger partial charge on any atom is 0.275 e. The van der Waals surface area contributed by atoms with Crippen LogP contribution in [-0.4, -0.2) is 44.9 Å². The zero-order chi connectivity index (χ0) is 11.7. The molecule has 0 aromatic carbocycles. The molecule has 2 aliphatic rings. The van der Waals surface area contributed by atoms with Crippen molar-refractivity contribution >= 4 is 17.6 Å². The van der Waals surface area contributed by atoms with Gasteiger partial charge in [-0.3, -0.25) is 4.79 Å². The number of hydrogen-bond acceptors (Lipinski definition) is 5. The largest absolute Gasteiger partial charge is 0.374 e. The Balaban J connectivity index is 1.79. The number of nitrogens with zero attached hydrogens (tertiary/aromatic N) is 3. The molecule has 1 aliphatic heterocycles. The van der Waals surface area contributed by atoms with Crippen molar-refractivity contribution in [3.05, 3.63) is 11.9 Å². The van der Waals surface area contributed by atoms with Gasteiger partial charge >= 0.3 is 0 Å². The molecule has 1 saturated carbocycles. The van der Waals surface area contributed by atoms with Crippen molar-refractivity contribution in [2.24, 2.45) is 0 Å². The van der Waals surface area contributed by atoms with E-state index in [2.05, 4.69) is 8.75 Å². The van der Waals surface area contributed by atoms with Gasteiger partial charge in [-0.1, -0.05) is 12.8 Å². The van der Waals surface area contributed by atoms with Gasteiger partial charge in [0.25, 0.3) is 5.91 Å². The van der Waals surface area contributed by atoms with Crippen molar-refractivity contribution in [1.29, 1.82) is 0 Å². The van der Waals surface area contributed by atoms with E-state index in [-0.39, 0.29) is 18.1 Å². The summed E-state index contributed by atoms with van der Waals surface area (Å²) in [6.45, 7) is 1.32. The van der Waals surface area contributed by atoms with E-state index in [1.807, 2.05) is 4.90 Å². The van der Waals surface area contributed by atoms with Gasteiger partial charge in [0, 0.05) is 6.54 Å². The third kappa shape index (κ3) is 2.07. The van der Waals surface area contributed by atoms with E-state index in [0.717, 1.165) is 24.6 Å². The predicted molar refractivity (Wildman–Crippen MR) is 62.9 cm³/mol. The van der Waals surface area contributed by atoms with E-state index in [9.17, 15) is 4.79 Å². The van der Waals surface area contributed by atoms with Crippen LogP contribution in [0.1, 0.15) is 36.2 Å². The Hall–Kier alpha value is -1.01. The second-order valence-corrected chi connectivity index (χ2v) is 5.11. The zero-order valence-electron chi connectivity index (χ0n) is 9.54. The number of aromatic nitrogens is 2. The standard InChI is InChI=1S/C11H15N3O2S/c15-11(8-7-12-17-13-8)14-5-6-16-10-4-2-1-3-9(10)14/h7,9-10H,1-6H2. The van der Waals surface area contributed by atoms with Crippen molar-refractivity contribution in [3.63, 3.8) is 0 Å². The van der Waals surface area contributed by atoms with Gasteiger partial charge in [-0.25, -0.2) is 0 Å². The summed E-state index contributed by atoms with van der Waals surface area (Å²) in [4.78, 5) is 14.2. The number of amides is 1. The molecular weight excluding hydrogens is 238 g/mol. The summed E-state index contributed by atoms with van der Waals surface area (Å²) in [5, 5.41) is 0. The molecule has 0 N–H and O–H groups in total. The molecular formula is C11H15N3O2S. The zero-order valence-corrected chi connectivity index (χ0v) is 10.4. The van der Waals surface area contributed by atoms with Crippen LogP contribution in [0.4, 0.5) is 0 Å². The van der Waals surface area contributed by atoms with Gasteiger partial charge in [0.2, 0.25) is 0 Å². The lowest BCUT2D eigenvalue weighted by atomic mass is 9.90. The van der Waals surface area contributed by atoms with Crippen LogP contribution >= 0.6 is 11.7 Å². The summed E-state index contributed by atoms with van der Waals surface area (Å²) in [5.41, 5.74) is 0.473. The molecule has 1 amide bonds. The highest BCUT2D eigenvalue weighted by Gasteiger charge is 2.37. The quantitative estimate of drug-likeness (QED) is 0.757. The van der Waals surface area contributed by atoms with Crippen LogP contribution in [0.3, 0.4) is 0 Å². The van der Waals surface area contributed by atoms with Gasteiger partial charge in [-0.05, 0) is 12.8 Å². The molecule has 1 saturated heterocycles. The summed E-state index contributed by atoms with van der Waals surface area (Å²) in [6.07, 6.45) is 6.30. The first-order valence-corrected chi connectivity index (χ1v) is 6.79. The summed E-state index contributed by atoms with van der Waals surface area (Å²) in [5.74, 6) is 0.0129. The minimum absolute atomic E-state index is 0.0129. The van der Waals surface area contributed by atoms with Crippen LogP contribution in [0.25, 0.3) is 0 Å². The monoisotopic (exact) mass is 253 g/mol. The highest BCUT2D eigenvalue weighted by Crippen LogP contribution is 2.29. The Morgan fingerprint density at radius 3 is 3.18 bits per heavy atom. The van der Waals surface area contributed by atoms with E-state index in [1.165, 1.54) is 12.8 Å². The van der Waals surface area contributed by atoms with Crippen molar-refractivity contribution in [2.75, 3.05) is 13.2 Å². The summed E-state index contributed by atoms with van der Waals surface area (Å²) in [7, 11) is 0. The van der Waals surface area contributed by atoms with Crippen LogP contribution in [0.2, 0.25) is 0 Å². The Morgan fingerprint density at radius 1 is 1.47 bits per heavy atom. The van der Waals surface area contributed by atoms with E-state index < -0.39 is 0 Å². The van der Waals surface area contributed by atoms with Crippen molar-refractivity contribution < 1.29 is 9.53 Å². The number of fused-ring (bicyclic) bond motifs is 1. The molecule has 0 radical (unpaired) electrons. The number of morpholine rings is 1. The molecule has 2 unspecified atom stereocenters.